The molecule has 1 unspecified atom stereocenters. The smallest absolute Gasteiger partial charge is 0.304 e. The van der Waals surface area contributed by atoms with E-state index in [1.807, 2.05) is 0 Å². The molecule has 0 spiro atoms. The molecule has 0 aliphatic carbocycles. The molecule has 0 bridgehead atoms. The van der Waals surface area contributed by atoms with Gasteiger partial charge in [-0.3, -0.25) is 9.69 Å². The second-order valence-electron chi connectivity index (χ2n) is 5.16. The van der Waals surface area contributed by atoms with Crippen molar-refractivity contribution in [1.82, 2.24) is 4.90 Å². The predicted molar refractivity (Wildman–Crippen MR) is 74.9 cm³/mol. The van der Waals surface area contributed by atoms with Gasteiger partial charge in [0.2, 0.25) is 0 Å². The lowest BCUT2D eigenvalue weighted by molar-refractivity contribution is -0.138. The number of benzene rings is 1. The topological polar surface area (TPSA) is 115 Å². The Hall–Kier alpha value is -1.80. The van der Waals surface area contributed by atoms with Crippen molar-refractivity contribution in [2.24, 2.45) is 0 Å². The maximum absolute atomic E-state index is 11.6. The Labute approximate surface area is 122 Å². The van der Waals surface area contributed by atoms with Gasteiger partial charge in [0.05, 0.1) is 17.9 Å². The van der Waals surface area contributed by atoms with Gasteiger partial charge in [-0.25, -0.2) is 8.42 Å². The van der Waals surface area contributed by atoms with E-state index in [2.05, 4.69) is 0 Å². The number of sulfone groups is 1. The number of hydrogen-bond donors (Lipinski definition) is 3. The van der Waals surface area contributed by atoms with Crippen LogP contribution in [0, 0.1) is 0 Å². The predicted octanol–water partition coefficient (Wildman–Crippen LogP) is 0.172. The van der Waals surface area contributed by atoms with Crippen molar-refractivity contribution in [3.63, 3.8) is 0 Å². The van der Waals surface area contributed by atoms with Crippen LogP contribution >= 0.6 is 0 Å². The minimum Gasteiger partial charge on any atom is -0.504 e. The number of phenolic OH excluding ortho intramolecular Hbond substituents is 2. The highest BCUT2D eigenvalue weighted by Crippen LogP contribution is 2.26. The second-order valence-corrected chi connectivity index (χ2v) is 7.39. The zero-order valence-corrected chi connectivity index (χ0v) is 12.1. The lowest BCUT2D eigenvalue weighted by Crippen LogP contribution is -2.48. The lowest BCUT2D eigenvalue weighted by atomic mass is 10.1. The molecule has 1 aliphatic heterocycles. The van der Waals surface area contributed by atoms with Crippen molar-refractivity contribution in [3.05, 3.63) is 23.8 Å². The van der Waals surface area contributed by atoms with Gasteiger partial charge in [0.25, 0.3) is 0 Å². The normalized spacial score (nSPS) is 22.0. The fraction of sp³-hybridized carbons (Fsp3) is 0.462. The summed E-state index contributed by atoms with van der Waals surface area (Å²) in [6.07, 6.45) is -0.247. The third-order valence-corrected chi connectivity index (χ3v) is 5.19. The molecule has 8 heteroatoms. The number of rotatable bonds is 4. The van der Waals surface area contributed by atoms with Crippen molar-refractivity contribution in [1.29, 1.82) is 0 Å². The van der Waals surface area contributed by atoms with Crippen LogP contribution in [0.3, 0.4) is 0 Å². The highest BCUT2D eigenvalue weighted by molar-refractivity contribution is 7.91. The van der Waals surface area contributed by atoms with E-state index in [0.29, 0.717) is 12.1 Å². The van der Waals surface area contributed by atoms with E-state index in [9.17, 15) is 23.4 Å². The Bertz CT molecular complexity index is 642. The van der Waals surface area contributed by atoms with Crippen LogP contribution in [0.15, 0.2) is 18.2 Å². The Morgan fingerprint density at radius 1 is 1.29 bits per heavy atom. The number of nitrogens with zero attached hydrogens (tertiary/aromatic N) is 1. The van der Waals surface area contributed by atoms with Gasteiger partial charge in [0.15, 0.2) is 21.3 Å². The molecule has 0 radical (unpaired) electrons. The number of aromatic hydroxyl groups is 2. The number of phenols is 2. The molecule has 1 heterocycles. The molecule has 1 saturated heterocycles. The second kappa shape index (κ2) is 5.90. The fourth-order valence-electron chi connectivity index (χ4n) is 2.42. The van der Waals surface area contributed by atoms with Crippen LogP contribution in [0.4, 0.5) is 0 Å². The van der Waals surface area contributed by atoms with Crippen molar-refractivity contribution in [3.8, 4) is 11.5 Å². The average Bonchev–Trinajstić information content (AvgIpc) is 2.36. The van der Waals surface area contributed by atoms with E-state index in [4.69, 9.17) is 5.11 Å². The molecular weight excluding hydrogens is 298 g/mol. The SMILES string of the molecule is O=C(O)CC1CS(=O)(=O)CCN1Cc1ccc(O)c(O)c1. The first-order valence-corrected chi connectivity index (χ1v) is 8.26. The van der Waals surface area contributed by atoms with Crippen LogP contribution in [0.1, 0.15) is 12.0 Å². The van der Waals surface area contributed by atoms with Crippen molar-refractivity contribution in [2.45, 2.75) is 19.0 Å². The average molecular weight is 315 g/mol. The van der Waals surface area contributed by atoms with Crippen LogP contribution < -0.4 is 0 Å². The quantitative estimate of drug-likeness (QED) is 0.678. The number of carboxylic acid groups (broad SMARTS) is 1. The van der Waals surface area contributed by atoms with Crippen LogP contribution in [0.25, 0.3) is 0 Å². The van der Waals surface area contributed by atoms with E-state index in [1.54, 1.807) is 11.0 Å². The molecule has 0 aromatic heterocycles. The molecule has 0 amide bonds. The molecular formula is C13H17NO6S. The van der Waals surface area contributed by atoms with Crippen LogP contribution in [0.2, 0.25) is 0 Å². The summed E-state index contributed by atoms with van der Waals surface area (Å²) in [4.78, 5) is 12.7. The minimum absolute atomic E-state index is 0.00676. The first kappa shape index (κ1) is 15.6. The van der Waals surface area contributed by atoms with Gasteiger partial charge >= 0.3 is 5.97 Å². The third-order valence-electron chi connectivity index (χ3n) is 3.49. The molecule has 0 saturated carbocycles. The number of carbonyl (C=O) groups is 1. The number of hydrogen-bond acceptors (Lipinski definition) is 6. The van der Waals surface area contributed by atoms with Gasteiger partial charge in [-0.05, 0) is 17.7 Å². The van der Waals surface area contributed by atoms with Crippen LogP contribution in [-0.2, 0) is 21.2 Å². The Morgan fingerprint density at radius 2 is 2.00 bits per heavy atom. The molecule has 21 heavy (non-hydrogen) atoms. The van der Waals surface area contributed by atoms with E-state index in [1.165, 1.54) is 12.1 Å². The van der Waals surface area contributed by atoms with Crippen molar-refractivity contribution >= 4 is 15.8 Å². The summed E-state index contributed by atoms with van der Waals surface area (Å²) in [5.41, 5.74) is 0.681. The standard InChI is InChI=1S/C13H17NO6S/c15-11-2-1-9(5-12(11)16)7-14-3-4-21(19,20)8-10(14)6-13(17)18/h1-2,5,10,15-16H,3-4,6-8H2,(H,17,18). The van der Waals surface area contributed by atoms with E-state index in [-0.39, 0.29) is 36.0 Å². The molecule has 1 atom stereocenters. The maximum Gasteiger partial charge on any atom is 0.304 e. The molecule has 2 rings (SSSR count). The van der Waals surface area contributed by atoms with Gasteiger partial charge in [0.1, 0.15) is 0 Å². The first-order chi connectivity index (χ1) is 9.77. The van der Waals surface area contributed by atoms with E-state index >= 15 is 0 Å². The van der Waals surface area contributed by atoms with Crippen LogP contribution in [0.5, 0.6) is 11.5 Å². The highest BCUT2D eigenvalue weighted by atomic mass is 32.2. The first-order valence-electron chi connectivity index (χ1n) is 6.44. The van der Waals surface area contributed by atoms with Crippen molar-refractivity contribution < 1.29 is 28.5 Å². The number of carboxylic acids is 1. The van der Waals surface area contributed by atoms with Gasteiger partial charge in [-0.1, -0.05) is 6.07 Å². The summed E-state index contributed by atoms with van der Waals surface area (Å²) in [5.74, 6) is -1.72. The lowest BCUT2D eigenvalue weighted by Gasteiger charge is -2.34. The molecule has 116 valence electrons. The van der Waals surface area contributed by atoms with E-state index in [0.717, 1.165) is 0 Å². The Morgan fingerprint density at radius 3 is 2.62 bits per heavy atom. The van der Waals surface area contributed by atoms with Gasteiger partial charge in [-0.2, -0.15) is 0 Å². The zero-order valence-electron chi connectivity index (χ0n) is 11.3. The summed E-state index contributed by atoms with van der Waals surface area (Å²) in [6.45, 7) is 0.573. The molecule has 3 N–H and O–H groups in total. The molecule has 1 aromatic rings. The monoisotopic (exact) mass is 315 g/mol. The molecule has 1 aromatic carbocycles. The Kier molecular flexibility index (Phi) is 4.38. The van der Waals surface area contributed by atoms with Gasteiger partial charge in [-0.15, -0.1) is 0 Å². The van der Waals surface area contributed by atoms with Gasteiger partial charge in [0, 0.05) is 19.1 Å². The summed E-state index contributed by atoms with van der Waals surface area (Å²) < 4.78 is 23.3. The van der Waals surface area contributed by atoms with Gasteiger partial charge < -0.3 is 15.3 Å². The maximum atomic E-state index is 11.6. The number of aliphatic carboxylic acids is 1. The summed E-state index contributed by atoms with van der Waals surface area (Å²) in [6, 6.07) is 3.75. The largest absolute Gasteiger partial charge is 0.504 e. The minimum atomic E-state index is -3.21. The molecule has 1 fully saturated rings. The zero-order chi connectivity index (χ0) is 15.6. The van der Waals surface area contributed by atoms with E-state index < -0.39 is 21.8 Å². The fourth-order valence-corrected chi connectivity index (χ4v) is 4.01. The highest BCUT2D eigenvalue weighted by Gasteiger charge is 2.32. The Balaban J connectivity index is 2.15. The summed E-state index contributed by atoms with van der Waals surface area (Å²) in [5, 5.41) is 27.6. The summed E-state index contributed by atoms with van der Waals surface area (Å²) >= 11 is 0. The van der Waals surface area contributed by atoms with Crippen LogP contribution in [-0.4, -0.2) is 58.7 Å². The third kappa shape index (κ3) is 4.08. The molecule has 7 nitrogen and oxygen atoms in total. The van der Waals surface area contributed by atoms with Crippen molar-refractivity contribution in [2.75, 3.05) is 18.1 Å². The summed E-state index contributed by atoms with van der Waals surface area (Å²) in [7, 11) is -3.21. The molecule has 1 aliphatic rings.